The third-order valence-electron chi connectivity index (χ3n) is 6.51. The number of hydrogen-bond donors (Lipinski definition) is 2. The molecule has 4 amide bonds. The fourth-order valence-corrected chi connectivity index (χ4v) is 4.85. The Labute approximate surface area is 220 Å². The minimum absolute atomic E-state index is 0.244. The van der Waals surface area contributed by atoms with Gasteiger partial charge in [0, 0.05) is 37.1 Å². The van der Waals surface area contributed by atoms with E-state index < -0.39 is 29.8 Å². The maximum absolute atomic E-state index is 13.6. The van der Waals surface area contributed by atoms with Gasteiger partial charge in [-0.25, -0.2) is 9.78 Å². The number of anilines is 2. The number of nitrogens with two attached hydrogens (primary N) is 1. The lowest BCUT2D eigenvalue weighted by Gasteiger charge is -2.45. The molecule has 0 bridgehead atoms. The highest BCUT2D eigenvalue weighted by molar-refractivity contribution is 6.30. The smallest absolute Gasteiger partial charge is 0.325 e. The number of nitrogens with one attached hydrogen (secondary N) is 1. The molecule has 3 N–H and O–H groups in total. The van der Waals surface area contributed by atoms with E-state index in [1.165, 1.54) is 4.90 Å². The number of pyridine rings is 1. The van der Waals surface area contributed by atoms with E-state index in [1.54, 1.807) is 62.2 Å². The summed E-state index contributed by atoms with van der Waals surface area (Å²) in [5, 5.41) is 7.73. The molecule has 1 aromatic carbocycles. The number of likely N-dealkylation sites (N-methyl/N-ethyl adjacent to an activating group) is 1. The normalized spacial score (nSPS) is 17.8. The summed E-state index contributed by atoms with van der Waals surface area (Å²) in [6.45, 7) is 3.72. The molecule has 37 heavy (non-hydrogen) atoms. The van der Waals surface area contributed by atoms with Crippen molar-refractivity contribution in [2.75, 3.05) is 17.7 Å². The van der Waals surface area contributed by atoms with Crippen LogP contribution < -0.4 is 16.0 Å². The Morgan fingerprint density at radius 1 is 1.24 bits per heavy atom. The molecule has 3 aromatic rings. The van der Waals surface area contributed by atoms with E-state index in [4.69, 9.17) is 17.3 Å². The summed E-state index contributed by atoms with van der Waals surface area (Å²) < 4.78 is 1.58. The number of hydrogen-bond acceptors (Lipinski definition) is 6. The van der Waals surface area contributed by atoms with Gasteiger partial charge in [0.25, 0.3) is 5.91 Å². The third-order valence-corrected chi connectivity index (χ3v) is 6.74. The van der Waals surface area contributed by atoms with Crippen LogP contribution in [0.3, 0.4) is 0 Å². The lowest BCUT2D eigenvalue weighted by molar-refractivity contribution is -0.156. The zero-order valence-corrected chi connectivity index (χ0v) is 21.9. The molecule has 1 aliphatic heterocycles. The second-order valence-corrected chi connectivity index (χ2v) is 9.65. The molecule has 194 valence electrons. The van der Waals surface area contributed by atoms with E-state index in [9.17, 15) is 14.4 Å². The zero-order chi connectivity index (χ0) is 26.9. The number of aryl methyl sites for hydroxylation is 2. The number of carbonyl (C=O) groups excluding carboxylic acids is 3. The molecule has 1 aliphatic rings. The van der Waals surface area contributed by atoms with Crippen molar-refractivity contribution in [2.24, 2.45) is 13.0 Å². The first-order valence-corrected chi connectivity index (χ1v) is 12.4. The van der Waals surface area contributed by atoms with E-state index >= 15 is 0 Å². The van der Waals surface area contributed by atoms with Crippen LogP contribution in [0.2, 0.25) is 5.02 Å². The summed E-state index contributed by atoms with van der Waals surface area (Å²) in [6.07, 6.45) is 2.53. The number of urea groups is 1. The fraction of sp³-hybridized carbons (Fsp3) is 0.346. The summed E-state index contributed by atoms with van der Waals surface area (Å²) in [7, 11) is 3.32. The summed E-state index contributed by atoms with van der Waals surface area (Å²) in [5.41, 5.74) is 8.18. The van der Waals surface area contributed by atoms with Gasteiger partial charge in [0.1, 0.15) is 11.9 Å². The van der Waals surface area contributed by atoms with E-state index in [0.29, 0.717) is 28.8 Å². The molecule has 1 saturated heterocycles. The Balaban J connectivity index is 1.61. The van der Waals surface area contributed by atoms with Gasteiger partial charge in [0.2, 0.25) is 5.91 Å². The Morgan fingerprint density at radius 3 is 2.62 bits per heavy atom. The van der Waals surface area contributed by atoms with Crippen molar-refractivity contribution in [3.8, 4) is 0 Å². The summed E-state index contributed by atoms with van der Waals surface area (Å²) in [6, 6.07) is 10.3. The average Bonchev–Trinajstić information content (AvgIpc) is 3.28. The van der Waals surface area contributed by atoms with Gasteiger partial charge in [-0.2, -0.15) is 5.10 Å². The monoisotopic (exact) mass is 523 g/mol. The summed E-state index contributed by atoms with van der Waals surface area (Å²) in [4.78, 5) is 46.9. The minimum Gasteiger partial charge on any atom is -0.384 e. The Kier molecular flexibility index (Phi) is 7.49. The Hall–Kier alpha value is -3.92. The molecule has 3 heterocycles. The predicted octanol–water partition coefficient (Wildman–Crippen LogP) is 3.25. The summed E-state index contributed by atoms with van der Waals surface area (Å²) >= 11 is 6.14. The predicted molar refractivity (Wildman–Crippen MR) is 141 cm³/mol. The van der Waals surface area contributed by atoms with Gasteiger partial charge in [0.05, 0.1) is 12.0 Å². The molecule has 3 atom stereocenters. The van der Waals surface area contributed by atoms with Gasteiger partial charge in [-0.15, -0.1) is 0 Å². The van der Waals surface area contributed by atoms with Crippen molar-refractivity contribution in [3.63, 3.8) is 0 Å². The van der Waals surface area contributed by atoms with Gasteiger partial charge in [-0.3, -0.25) is 24.1 Å². The molecule has 2 aromatic heterocycles. The standard InChI is InChI=1S/C26H30ClN7O3/c1-5-20(17-7-6-8-18(27)14-17)30-26(37)34-23(25(36)33(4)22-9-10-32(3)31-22)19(24(34)35)12-16-11-15(2)29-21(28)13-16/h6-11,13-14,19-20,23H,5,12H2,1-4H3,(H2,28,29)(H,30,37)/t19-,20-,23+/m1/s1. The van der Waals surface area contributed by atoms with Crippen molar-refractivity contribution >= 4 is 41.1 Å². The first-order chi connectivity index (χ1) is 17.6. The molecule has 0 unspecified atom stereocenters. The second-order valence-electron chi connectivity index (χ2n) is 9.22. The van der Waals surface area contributed by atoms with Gasteiger partial charge in [0.15, 0.2) is 5.82 Å². The van der Waals surface area contributed by atoms with Crippen LogP contribution in [0.1, 0.15) is 36.2 Å². The van der Waals surface area contributed by atoms with Crippen molar-refractivity contribution in [2.45, 2.75) is 38.8 Å². The number of carbonyl (C=O) groups is 3. The number of benzene rings is 1. The molecular formula is C26H30ClN7O3. The van der Waals surface area contributed by atoms with Crippen molar-refractivity contribution < 1.29 is 14.4 Å². The topological polar surface area (TPSA) is 126 Å². The number of nitrogen functional groups attached to an aromatic ring is 1. The van der Waals surface area contributed by atoms with Crippen LogP contribution in [0.5, 0.6) is 0 Å². The Bertz CT molecular complexity index is 1320. The van der Waals surface area contributed by atoms with Crippen LogP contribution in [-0.2, 0) is 23.1 Å². The molecular weight excluding hydrogens is 494 g/mol. The first-order valence-electron chi connectivity index (χ1n) is 12.0. The van der Waals surface area contributed by atoms with Crippen LogP contribution >= 0.6 is 11.6 Å². The van der Waals surface area contributed by atoms with Gasteiger partial charge in [-0.1, -0.05) is 30.7 Å². The summed E-state index contributed by atoms with van der Waals surface area (Å²) in [5.74, 6) is -0.832. The maximum Gasteiger partial charge on any atom is 0.325 e. The number of nitrogens with zero attached hydrogens (tertiary/aromatic N) is 5. The van der Waals surface area contributed by atoms with Crippen molar-refractivity contribution in [3.05, 3.63) is 70.5 Å². The zero-order valence-electron chi connectivity index (χ0n) is 21.2. The molecule has 0 radical (unpaired) electrons. The van der Waals surface area contributed by atoms with E-state index in [-0.39, 0.29) is 12.5 Å². The van der Waals surface area contributed by atoms with Gasteiger partial charge in [-0.05, 0) is 55.2 Å². The third kappa shape index (κ3) is 5.43. The SMILES string of the molecule is CC[C@@H](NC(=O)N1C(=O)[C@H](Cc2cc(C)nc(N)c2)[C@H]1C(=O)N(C)c1ccn(C)n1)c1cccc(Cl)c1. The van der Waals surface area contributed by atoms with Crippen LogP contribution in [0.15, 0.2) is 48.7 Å². The molecule has 1 fully saturated rings. The quantitative estimate of drug-likeness (QED) is 0.458. The highest BCUT2D eigenvalue weighted by Crippen LogP contribution is 2.33. The van der Waals surface area contributed by atoms with E-state index in [2.05, 4.69) is 15.4 Å². The Morgan fingerprint density at radius 2 is 2.00 bits per heavy atom. The minimum atomic E-state index is -1.01. The highest BCUT2D eigenvalue weighted by Gasteiger charge is 2.55. The van der Waals surface area contributed by atoms with Crippen LogP contribution in [0.25, 0.3) is 0 Å². The van der Waals surface area contributed by atoms with Crippen LogP contribution in [0.4, 0.5) is 16.4 Å². The van der Waals surface area contributed by atoms with Gasteiger partial charge < -0.3 is 11.1 Å². The number of β-lactam (4-membered cyclic amide) rings is 1. The average molecular weight is 524 g/mol. The largest absolute Gasteiger partial charge is 0.384 e. The maximum atomic E-state index is 13.6. The molecule has 11 heteroatoms. The molecule has 10 nitrogen and oxygen atoms in total. The second kappa shape index (κ2) is 10.6. The number of imide groups is 1. The first kappa shape index (κ1) is 26.2. The van der Waals surface area contributed by atoms with Crippen molar-refractivity contribution in [1.29, 1.82) is 0 Å². The van der Waals surface area contributed by atoms with E-state index in [0.717, 1.165) is 16.0 Å². The number of aromatic nitrogens is 3. The molecule has 4 rings (SSSR count). The van der Waals surface area contributed by atoms with Crippen LogP contribution in [-0.4, -0.2) is 50.6 Å². The molecule has 0 spiro atoms. The van der Waals surface area contributed by atoms with E-state index in [1.807, 2.05) is 19.1 Å². The number of amides is 4. The van der Waals surface area contributed by atoms with Crippen LogP contribution in [0, 0.1) is 12.8 Å². The van der Waals surface area contributed by atoms with Gasteiger partial charge >= 0.3 is 6.03 Å². The molecule has 0 saturated carbocycles. The number of rotatable bonds is 7. The highest BCUT2D eigenvalue weighted by atomic mass is 35.5. The molecule has 0 aliphatic carbocycles. The van der Waals surface area contributed by atoms with Crippen molar-refractivity contribution in [1.82, 2.24) is 25.0 Å². The number of likely N-dealkylation sites (tertiary alicyclic amines) is 1. The lowest BCUT2D eigenvalue weighted by atomic mass is 9.81. The number of halogens is 1. The fourth-order valence-electron chi connectivity index (χ4n) is 4.65. The lowest BCUT2D eigenvalue weighted by Crippen LogP contribution is -2.70.